The highest BCUT2D eigenvalue weighted by Gasteiger charge is 2.00. The fraction of sp³-hybridized carbons (Fsp3) is 0.182. The molecule has 2 aromatic rings. The molecule has 14 heavy (non-hydrogen) atoms. The highest BCUT2D eigenvalue weighted by Crippen LogP contribution is 2.22. The minimum absolute atomic E-state index is 0.598. The van der Waals surface area contributed by atoms with E-state index in [9.17, 15) is 0 Å². The van der Waals surface area contributed by atoms with Gasteiger partial charge in [-0.2, -0.15) is 0 Å². The van der Waals surface area contributed by atoms with Gasteiger partial charge >= 0.3 is 0 Å². The molecule has 0 atom stereocenters. The van der Waals surface area contributed by atoms with Crippen LogP contribution in [-0.4, -0.2) is 12.1 Å². The smallest absolute Gasteiger partial charge is 0.0717 e. The quantitative estimate of drug-likeness (QED) is 0.755. The molecule has 3 heteroatoms. The van der Waals surface area contributed by atoms with E-state index in [1.54, 1.807) is 19.4 Å². The summed E-state index contributed by atoms with van der Waals surface area (Å²) in [5.41, 5.74) is 2.02. The number of aromatic nitrogens is 1. The van der Waals surface area contributed by atoms with Crippen LogP contribution in [-0.2, 0) is 11.3 Å². The third-order valence-electron chi connectivity index (χ3n) is 2.06. The molecule has 0 saturated heterocycles. The predicted octanol–water partition coefficient (Wildman–Crippen LogP) is 3.03. The van der Waals surface area contributed by atoms with E-state index in [0.717, 1.165) is 21.5 Å². The number of halogens is 1. The molecule has 0 unspecified atom stereocenters. The second-order valence-electron chi connectivity index (χ2n) is 3.08. The first kappa shape index (κ1) is 9.44. The summed E-state index contributed by atoms with van der Waals surface area (Å²) in [6.45, 7) is 0.598. The van der Waals surface area contributed by atoms with E-state index in [1.807, 2.05) is 18.2 Å². The normalized spacial score (nSPS) is 10.7. The highest BCUT2D eigenvalue weighted by molar-refractivity contribution is 6.35. The lowest BCUT2D eigenvalue weighted by atomic mass is 10.1. The van der Waals surface area contributed by atoms with Crippen LogP contribution in [0.15, 0.2) is 30.5 Å². The Hall–Kier alpha value is -1.12. The van der Waals surface area contributed by atoms with E-state index in [2.05, 4.69) is 4.98 Å². The number of methoxy groups -OCH3 is 1. The lowest BCUT2D eigenvalue weighted by Gasteiger charge is -2.03. The largest absolute Gasteiger partial charge is 0.380 e. The zero-order valence-corrected chi connectivity index (χ0v) is 8.58. The van der Waals surface area contributed by atoms with Gasteiger partial charge in [0, 0.05) is 18.7 Å². The van der Waals surface area contributed by atoms with Gasteiger partial charge < -0.3 is 4.74 Å². The van der Waals surface area contributed by atoms with Gasteiger partial charge in [0.1, 0.15) is 0 Å². The molecule has 0 N–H and O–H groups in total. The molecule has 0 saturated carbocycles. The number of ether oxygens (including phenoxy) is 1. The van der Waals surface area contributed by atoms with Crippen LogP contribution in [0.2, 0.25) is 5.02 Å². The third kappa shape index (κ3) is 1.72. The minimum Gasteiger partial charge on any atom is -0.380 e. The van der Waals surface area contributed by atoms with Crippen LogP contribution < -0.4 is 0 Å². The molecule has 1 heterocycles. The Labute approximate surface area is 87.5 Å². The van der Waals surface area contributed by atoms with E-state index >= 15 is 0 Å². The number of rotatable bonds is 2. The Bertz CT molecular complexity index is 456. The van der Waals surface area contributed by atoms with E-state index in [4.69, 9.17) is 16.3 Å². The lowest BCUT2D eigenvalue weighted by molar-refractivity contribution is 0.185. The molecule has 0 amide bonds. The molecule has 0 aliphatic rings. The van der Waals surface area contributed by atoms with Crippen molar-refractivity contribution < 1.29 is 4.74 Å². The molecule has 0 bridgehead atoms. The number of hydrogen-bond donors (Lipinski definition) is 0. The van der Waals surface area contributed by atoms with Gasteiger partial charge in [0.25, 0.3) is 0 Å². The fourth-order valence-corrected chi connectivity index (χ4v) is 1.62. The van der Waals surface area contributed by atoms with Crippen LogP contribution in [0, 0.1) is 0 Å². The summed E-state index contributed by atoms with van der Waals surface area (Å²) in [5.74, 6) is 0. The minimum atomic E-state index is 0.598. The molecule has 2 rings (SSSR count). The standard InChI is InChI=1S/C11H10ClNO/c1-14-7-8-2-3-11-9(6-8)10(12)4-5-13-11/h2-6H,7H2,1H3. The Morgan fingerprint density at radius 1 is 1.36 bits per heavy atom. The molecule has 2 nitrogen and oxygen atoms in total. The van der Waals surface area contributed by atoms with Crippen LogP contribution in [0.25, 0.3) is 10.9 Å². The van der Waals surface area contributed by atoms with Crippen LogP contribution in [0.3, 0.4) is 0 Å². The Kier molecular flexibility index (Phi) is 2.66. The van der Waals surface area contributed by atoms with Gasteiger partial charge in [-0.25, -0.2) is 0 Å². The number of benzene rings is 1. The van der Waals surface area contributed by atoms with E-state index in [0.29, 0.717) is 6.61 Å². The SMILES string of the molecule is COCc1ccc2nccc(Cl)c2c1. The summed E-state index contributed by atoms with van der Waals surface area (Å²) in [6, 6.07) is 7.75. The first-order valence-electron chi connectivity index (χ1n) is 4.33. The molecule has 1 aromatic heterocycles. The average molecular weight is 208 g/mol. The van der Waals surface area contributed by atoms with Crippen molar-refractivity contribution in [1.82, 2.24) is 4.98 Å². The average Bonchev–Trinajstić information content (AvgIpc) is 2.20. The molecular weight excluding hydrogens is 198 g/mol. The summed E-state index contributed by atoms with van der Waals surface area (Å²) in [6.07, 6.45) is 1.71. The molecule has 0 radical (unpaired) electrons. The van der Waals surface area contributed by atoms with E-state index < -0.39 is 0 Å². The molecule has 72 valence electrons. The van der Waals surface area contributed by atoms with Gasteiger partial charge in [0.2, 0.25) is 0 Å². The summed E-state index contributed by atoms with van der Waals surface area (Å²) >= 11 is 6.05. The Morgan fingerprint density at radius 2 is 2.21 bits per heavy atom. The maximum absolute atomic E-state index is 6.05. The van der Waals surface area contributed by atoms with Crippen molar-refractivity contribution >= 4 is 22.5 Å². The number of hydrogen-bond acceptors (Lipinski definition) is 2. The monoisotopic (exact) mass is 207 g/mol. The highest BCUT2D eigenvalue weighted by atomic mass is 35.5. The predicted molar refractivity (Wildman–Crippen MR) is 57.5 cm³/mol. The van der Waals surface area contributed by atoms with Gasteiger partial charge in [-0.15, -0.1) is 0 Å². The third-order valence-corrected chi connectivity index (χ3v) is 2.39. The number of pyridine rings is 1. The van der Waals surface area contributed by atoms with Crippen molar-refractivity contribution in [2.24, 2.45) is 0 Å². The van der Waals surface area contributed by atoms with Gasteiger partial charge in [-0.1, -0.05) is 17.7 Å². The van der Waals surface area contributed by atoms with Gasteiger partial charge in [-0.3, -0.25) is 4.98 Å². The van der Waals surface area contributed by atoms with Gasteiger partial charge in [0.05, 0.1) is 17.1 Å². The summed E-state index contributed by atoms with van der Waals surface area (Å²) in [5, 5.41) is 1.71. The number of nitrogens with zero attached hydrogens (tertiary/aromatic N) is 1. The fourth-order valence-electron chi connectivity index (χ4n) is 1.42. The summed E-state index contributed by atoms with van der Waals surface area (Å²) in [4.78, 5) is 4.22. The maximum atomic E-state index is 6.05. The second kappa shape index (κ2) is 3.95. The first-order valence-corrected chi connectivity index (χ1v) is 4.71. The zero-order chi connectivity index (χ0) is 9.97. The zero-order valence-electron chi connectivity index (χ0n) is 7.83. The molecule has 0 fully saturated rings. The molecule has 0 spiro atoms. The van der Waals surface area contributed by atoms with Crippen LogP contribution in [0.5, 0.6) is 0 Å². The van der Waals surface area contributed by atoms with Crippen LogP contribution in [0.1, 0.15) is 5.56 Å². The van der Waals surface area contributed by atoms with Gasteiger partial charge in [0.15, 0.2) is 0 Å². The van der Waals surface area contributed by atoms with Crippen molar-refractivity contribution in [2.75, 3.05) is 7.11 Å². The molecule has 0 aliphatic carbocycles. The molecule has 1 aromatic carbocycles. The van der Waals surface area contributed by atoms with E-state index in [1.165, 1.54) is 0 Å². The summed E-state index contributed by atoms with van der Waals surface area (Å²) < 4.78 is 5.05. The topological polar surface area (TPSA) is 22.1 Å². The van der Waals surface area contributed by atoms with Crippen molar-refractivity contribution in [1.29, 1.82) is 0 Å². The Morgan fingerprint density at radius 3 is 3.00 bits per heavy atom. The maximum Gasteiger partial charge on any atom is 0.0717 e. The summed E-state index contributed by atoms with van der Waals surface area (Å²) in [7, 11) is 1.68. The Balaban J connectivity index is 2.58. The van der Waals surface area contributed by atoms with Crippen molar-refractivity contribution in [3.63, 3.8) is 0 Å². The molecular formula is C11H10ClNO. The van der Waals surface area contributed by atoms with Crippen LogP contribution in [0.4, 0.5) is 0 Å². The van der Waals surface area contributed by atoms with Crippen LogP contribution >= 0.6 is 11.6 Å². The van der Waals surface area contributed by atoms with Crippen molar-refractivity contribution in [3.8, 4) is 0 Å². The number of fused-ring (bicyclic) bond motifs is 1. The van der Waals surface area contributed by atoms with E-state index in [-0.39, 0.29) is 0 Å². The lowest BCUT2D eigenvalue weighted by Crippen LogP contribution is -1.88. The first-order chi connectivity index (χ1) is 6.81. The van der Waals surface area contributed by atoms with Gasteiger partial charge in [-0.05, 0) is 23.8 Å². The second-order valence-corrected chi connectivity index (χ2v) is 3.48. The molecule has 0 aliphatic heterocycles. The van der Waals surface area contributed by atoms with Crippen molar-refractivity contribution in [3.05, 3.63) is 41.0 Å². The van der Waals surface area contributed by atoms with Crippen molar-refractivity contribution in [2.45, 2.75) is 6.61 Å².